The lowest BCUT2D eigenvalue weighted by molar-refractivity contribution is 0.0759. The second-order valence-corrected chi connectivity index (χ2v) is 6.09. The van der Waals surface area contributed by atoms with Gasteiger partial charge in [0.2, 0.25) is 5.95 Å². The number of amides is 1. The van der Waals surface area contributed by atoms with E-state index in [1.165, 1.54) is 0 Å². The minimum absolute atomic E-state index is 0.0144. The Hall–Kier alpha value is -2.44. The Bertz CT molecular complexity index is 648. The fraction of sp³-hybridized carbons (Fsp3) is 0.500. The van der Waals surface area contributed by atoms with E-state index in [0.717, 1.165) is 38.4 Å². The summed E-state index contributed by atoms with van der Waals surface area (Å²) in [5.41, 5.74) is 0.505. The van der Waals surface area contributed by atoms with Crippen molar-refractivity contribution in [3.63, 3.8) is 0 Å². The SMILES string of the molecule is CN(CC1CCN(c2ncccn2)CC1)C(=O)c1cn(C)cn1. The van der Waals surface area contributed by atoms with Gasteiger partial charge < -0.3 is 14.4 Å². The van der Waals surface area contributed by atoms with Gasteiger partial charge in [0.15, 0.2) is 0 Å². The molecule has 3 rings (SSSR count). The van der Waals surface area contributed by atoms with E-state index in [9.17, 15) is 4.79 Å². The van der Waals surface area contributed by atoms with Crippen LogP contribution in [0.15, 0.2) is 31.0 Å². The predicted octanol–water partition coefficient (Wildman–Crippen LogP) is 1.20. The zero-order chi connectivity index (χ0) is 16.2. The molecule has 1 aliphatic heterocycles. The first-order valence-electron chi connectivity index (χ1n) is 7.89. The van der Waals surface area contributed by atoms with Crippen LogP contribution >= 0.6 is 0 Å². The summed E-state index contributed by atoms with van der Waals surface area (Å²) in [7, 11) is 3.72. The molecular weight excluding hydrogens is 292 g/mol. The zero-order valence-electron chi connectivity index (χ0n) is 13.6. The van der Waals surface area contributed by atoms with Crippen molar-refractivity contribution in [1.29, 1.82) is 0 Å². The lowest BCUT2D eigenvalue weighted by Gasteiger charge is -2.33. The fourth-order valence-electron chi connectivity index (χ4n) is 2.96. The molecule has 2 aromatic rings. The van der Waals surface area contributed by atoms with E-state index in [2.05, 4.69) is 19.9 Å². The standard InChI is InChI=1S/C16H22N6O/c1-20-11-14(19-12-20)15(23)21(2)10-13-4-8-22(9-5-13)16-17-6-3-7-18-16/h3,6-7,11-13H,4-5,8-10H2,1-2H3. The molecule has 0 atom stereocenters. The number of hydrogen-bond donors (Lipinski definition) is 0. The van der Waals surface area contributed by atoms with Crippen LogP contribution in [-0.4, -0.2) is 57.0 Å². The van der Waals surface area contributed by atoms with Crippen LogP contribution in [0.5, 0.6) is 0 Å². The van der Waals surface area contributed by atoms with Crippen LogP contribution in [0.25, 0.3) is 0 Å². The van der Waals surface area contributed by atoms with Crippen molar-refractivity contribution < 1.29 is 4.79 Å². The van der Waals surface area contributed by atoms with Crippen molar-refractivity contribution in [2.45, 2.75) is 12.8 Å². The average molecular weight is 314 g/mol. The largest absolute Gasteiger partial charge is 0.341 e. The van der Waals surface area contributed by atoms with Gasteiger partial charge in [0, 0.05) is 52.3 Å². The van der Waals surface area contributed by atoms with Crippen molar-refractivity contribution in [2.75, 3.05) is 31.6 Å². The Morgan fingerprint density at radius 1 is 1.26 bits per heavy atom. The summed E-state index contributed by atoms with van der Waals surface area (Å²) in [6.45, 7) is 2.62. The lowest BCUT2D eigenvalue weighted by Crippen LogP contribution is -2.40. The first-order valence-corrected chi connectivity index (χ1v) is 7.89. The highest BCUT2D eigenvalue weighted by Crippen LogP contribution is 2.21. The lowest BCUT2D eigenvalue weighted by atomic mass is 9.96. The van der Waals surface area contributed by atoms with Crippen LogP contribution in [0.4, 0.5) is 5.95 Å². The Labute approximate surface area is 136 Å². The summed E-state index contributed by atoms with van der Waals surface area (Å²) < 4.78 is 1.79. The van der Waals surface area contributed by atoms with Gasteiger partial charge in [0.1, 0.15) is 5.69 Å². The van der Waals surface area contributed by atoms with Crippen molar-refractivity contribution in [2.24, 2.45) is 13.0 Å². The van der Waals surface area contributed by atoms with E-state index in [-0.39, 0.29) is 5.91 Å². The predicted molar refractivity (Wildman–Crippen MR) is 87.1 cm³/mol. The molecule has 0 aromatic carbocycles. The van der Waals surface area contributed by atoms with E-state index in [0.29, 0.717) is 11.6 Å². The number of aryl methyl sites for hydroxylation is 1. The number of rotatable bonds is 4. The monoisotopic (exact) mass is 314 g/mol. The van der Waals surface area contributed by atoms with E-state index >= 15 is 0 Å². The molecule has 0 saturated carbocycles. The molecular formula is C16H22N6O. The molecule has 0 aliphatic carbocycles. The molecule has 2 aromatic heterocycles. The van der Waals surface area contributed by atoms with Gasteiger partial charge >= 0.3 is 0 Å². The third-order valence-electron chi connectivity index (χ3n) is 4.25. The van der Waals surface area contributed by atoms with Crippen molar-refractivity contribution in [3.05, 3.63) is 36.7 Å². The second kappa shape index (κ2) is 6.76. The van der Waals surface area contributed by atoms with Crippen LogP contribution < -0.4 is 4.90 Å². The molecule has 122 valence electrons. The number of piperidine rings is 1. The van der Waals surface area contributed by atoms with E-state index in [1.54, 1.807) is 34.4 Å². The van der Waals surface area contributed by atoms with Crippen LogP contribution in [-0.2, 0) is 7.05 Å². The van der Waals surface area contributed by atoms with Crippen molar-refractivity contribution >= 4 is 11.9 Å². The van der Waals surface area contributed by atoms with E-state index < -0.39 is 0 Å². The third kappa shape index (κ3) is 3.67. The van der Waals surface area contributed by atoms with Gasteiger partial charge in [-0.1, -0.05) is 0 Å². The fourth-order valence-corrected chi connectivity index (χ4v) is 2.96. The highest BCUT2D eigenvalue weighted by molar-refractivity contribution is 5.91. The molecule has 1 fully saturated rings. The molecule has 0 spiro atoms. The third-order valence-corrected chi connectivity index (χ3v) is 4.25. The Morgan fingerprint density at radius 3 is 2.57 bits per heavy atom. The maximum Gasteiger partial charge on any atom is 0.273 e. The Kier molecular flexibility index (Phi) is 4.55. The number of hydrogen-bond acceptors (Lipinski definition) is 5. The number of carbonyl (C=O) groups is 1. The van der Waals surface area contributed by atoms with E-state index in [1.807, 2.05) is 20.2 Å². The molecule has 1 aliphatic rings. The summed E-state index contributed by atoms with van der Waals surface area (Å²) in [4.78, 5) is 29.0. The average Bonchev–Trinajstić information content (AvgIpc) is 3.02. The first kappa shape index (κ1) is 15.5. The topological polar surface area (TPSA) is 67.2 Å². The Morgan fingerprint density at radius 2 is 1.96 bits per heavy atom. The molecule has 1 amide bonds. The second-order valence-electron chi connectivity index (χ2n) is 6.09. The summed E-state index contributed by atoms with van der Waals surface area (Å²) in [5.74, 6) is 1.29. The van der Waals surface area contributed by atoms with Crippen LogP contribution in [0.3, 0.4) is 0 Å². The maximum absolute atomic E-state index is 12.3. The van der Waals surface area contributed by atoms with Gasteiger partial charge in [0.05, 0.1) is 6.33 Å². The number of imidazole rings is 1. The molecule has 7 nitrogen and oxygen atoms in total. The smallest absolute Gasteiger partial charge is 0.273 e. The normalized spacial score (nSPS) is 15.7. The molecule has 23 heavy (non-hydrogen) atoms. The molecule has 3 heterocycles. The van der Waals surface area contributed by atoms with E-state index in [4.69, 9.17) is 0 Å². The van der Waals surface area contributed by atoms with Gasteiger partial charge in [-0.2, -0.15) is 0 Å². The number of anilines is 1. The number of aromatic nitrogens is 4. The summed E-state index contributed by atoms with van der Waals surface area (Å²) in [6.07, 6.45) is 9.03. The molecule has 0 N–H and O–H groups in total. The number of carbonyl (C=O) groups excluding carboxylic acids is 1. The quantitative estimate of drug-likeness (QED) is 0.848. The highest BCUT2D eigenvalue weighted by Gasteiger charge is 2.24. The number of nitrogens with zero attached hydrogens (tertiary/aromatic N) is 6. The molecule has 7 heteroatoms. The summed E-state index contributed by atoms with van der Waals surface area (Å²) >= 11 is 0. The summed E-state index contributed by atoms with van der Waals surface area (Å²) in [6, 6.07) is 1.83. The molecule has 0 radical (unpaired) electrons. The van der Waals surface area contributed by atoms with Gasteiger partial charge in [-0.3, -0.25) is 4.79 Å². The van der Waals surface area contributed by atoms with Crippen LogP contribution in [0, 0.1) is 5.92 Å². The maximum atomic E-state index is 12.3. The molecule has 1 saturated heterocycles. The van der Waals surface area contributed by atoms with Gasteiger partial charge in [0.25, 0.3) is 5.91 Å². The molecule has 0 unspecified atom stereocenters. The Balaban J connectivity index is 1.51. The zero-order valence-corrected chi connectivity index (χ0v) is 13.6. The highest BCUT2D eigenvalue weighted by atomic mass is 16.2. The van der Waals surface area contributed by atoms with Crippen LogP contribution in [0.1, 0.15) is 23.3 Å². The van der Waals surface area contributed by atoms with Crippen molar-refractivity contribution in [1.82, 2.24) is 24.4 Å². The van der Waals surface area contributed by atoms with Gasteiger partial charge in [-0.05, 0) is 24.8 Å². The van der Waals surface area contributed by atoms with Crippen LogP contribution in [0.2, 0.25) is 0 Å². The van der Waals surface area contributed by atoms with Crippen molar-refractivity contribution in [3.8, 4) is 0 Å². The van der Waals surface area contributed by atoms with Gasteiger partial charge in [-0.25, -0.2) is 15.0 Å². The summed E-state index contributed by atoms with van der Waals surface area (Å²) in [5, 5.41) is 0. The first-order chi connectivity index (χ1) is 11.1. The van der Waals surface area contributed by atoms with Gasteiger partial charge in [-0.15, -0.1) is 0 Å². The minimum Gasteiger partial charge on any atom is -0.341 e. The molecule has 0 bridgehead atoms. The minimum atomic E-state index is -0.0144.